The molecule has 13 heavy (non-hydrogen) atoms. The number of aryl methyl sites for hydroxylation is 1. The molecule has 0 amide bonds. The van der Waals surface area contributed by atoms with E-state index in [-0.39, 0.29) is 0 Å². The van der Waals surface area contributed by atoms with Crippen LogP contribution in [0, 0.1) is 0 Å². The molecular weight excluding hydrogens is 163 g/mol. The van der Waals surface area contributed by atoms with Crippen molar-refractivity contribution in [3.8, 4) is 0 Å². The van der Waals surface area contributed by atoms with Crippen molar-refractivity contribution in [1.29, 1.82) is 0 Å². The summed E-state index contributed by atoms with van der Waals surface area (Å²) in [5.74, 6) is 0. The summed E-state index contributed by atoms with van der Waals surface area (Å²) in [6.45, 7) is 2.72. The standard InChI is InChI=1S/C10H13BO2/c1-2-4-8-5-3-6-10-9(8)7-13-11(10)12/h3,5-6,12H,2,4,7H2,1H3. The second kappa shape index (κ2) is 3.52. The summed E-state index contributed by atoms with van der Waals surface area (Å²) in [6.07, 6.45) is 2.20. The lowest BCUT2D eigenvalue weighted by Gasteiger charge is -2.04. The fraction of sp³-hybridized carbons (Fsp3) is 0.400. The molecule has 0 bridgehead atoms. The number of benzene rings is 1. The minimum atomic E-state index is -0.702. The average molecular weight is 176 g/mol. The first kappa shape index (κ1) is 8.79. The molecule has 3 heteroatoms. The van der Waals surface area contributed by atoms with E-state index in [1.807, 2.05) is 12.1 Å². The van der Waals surface area contributed by atoms with E-state index in [1.54, 1.807) is 0 Å². The second-order valence-corrected chi connectivity index (χ2v) is 3.40. The molecular formula is C10H13BO2. The van der Waals surface area contributed by atoms with Gasteiger partial charge in [0.15, 0.2) is 0 Å². The van der Waals surface area contributed by atoms with E-state index >= 15 is 0 Å². The molecule has 0 unspecified atom stereocenters. The highest BCUT2D eigenvalue weighted by Gasteiger charge is 2.28. The maximum Gasteiger partial charge on any atom is 0.491 e. The van der Waals surface area contributed by atoms with Gasteiger partial charge in [-0.1, -0.05) is 31.5 Å². The van der Waals surface area contributed by atoms with E-state index in [0.29, 0.717) is 6.61 Å². The van der Waals surface area contributed by atoms with E-state index in [2.05, 4.69) is 13.0 Å². The molecule has 1 aliphatic rings. The smallest absolute Gasteiger partial charge is 0.423 e. The Bertz CT molecular complexity index is 312. The van der Waals surface area contributed by atoms with Crippen LogP contribution in [0.15, 0.2) is 18.2 Å². The van der Waals surface area contributed by atoms with Crippen molar-refractivity contribution in [3.63, 3.8) is 0 Å². The largest absolute Gasteiger partial charge is 0.491 e. The number of rotatable bonds is 2. The van der Waals surface area contributed by atoms with Gasteiger partial charge in [0.05, 0.1) is 6.61 Å². The molecule has 1 aromatic rings. The summed E-state index contributed by atoms with van der Waals surface area (Å²) in [5.41, 5.74) is 3.46. The minimum absolute atomic E-state index is 0.562. The third-order valence-corrected chi connectivity index (χ3v) is 2.48. The summed E-state index contributed by atoms with van der Waals surface area (Å²) in [6, 6.07) is 6.04. The quantitative estimate of drug-likeness (QED) is 0.677. The zero-order valence-electron chi connectivity index (χ0n) is 7.79. The molecule has 1 aromatic carbocycles. The zero-order chi connectivity index (χ0) is 9.26. The highest BCUT2D eigenvalue weighted by atomic mass is 16.5. The van der Waals surface area contributed by atoms with Gasteiger partial charge in [0.1, 0.15) is 0 Å². The molecule has 0 aliphatic carbocycles. The number of hydrogen-bond acceptors (Lipinski definition) is 2. The second-order valence-electron chi connectivity index (χ2n) is 3.40. The maximum atomic E-state index is 9.45. The van der Waals surface area contributed by atoms with Crippen LogP contribution in [0.5, 0.6) is 0 Å². The zero-order valence-corrected chi connectivity index (χ0v) is 7.79. The molecule has 1 N–H and O–H groups in total. The van der Waals surface area contributed by atoms with Crippen LogP contribution in [-0.2, 0) is 17.7 Å². The Hall–Kier alpha value is -0.795. The van der Waals surface area contributed by atoms with E-state index in [9.17, 15) is 5.02 Å². The lowest BCUT2D eigenvalue weighted by atomic mass is 9.78. The monoisotopic (exact) mass is 176 g/mol. The Balaban J connectivity index is 2.38. The van der Waals surface area contributed by atoms with E-state index < -0.39 is 7.12 Å². The summed E-state index contributed by atoms with van der Waals surface area (Å²) in [7, 11) is -0.702. The molecule has 0 saturated carbocycles. The van der Waals surface area contributed by atoms with Crippen LogP contribution in [0.2, 0.25) is 0 Å². The lowest BCUT2D eigenvalue weighted by Crippen LogP contribution is -2.28. The fourth-order valence-corrected chi connectivity index (χ4v) is 1.82. The number of hydrogen-bond donors (Lipinski definition) is 1. The van der Waals surface area contributed by atoms with Gasteiger partial charge in [-0.3, -0.25) is 0 Å². The first-order chi connectivity index (χ1) is 6.33. The van der Waals surface area contributed by atoms with E-state index in [4.69, 9.17) is 4.65 Å². The van der Waals surface area contributed by atoms with Gasteiger partial charge in [-0.25, -0.2) is 0 Å². The van der Waals surface area contributed by atoms with Gasteiger partial charge in [-0.2, -0.15) is 0 Å². The average Bonchev–Trinajstić information content (AvgIpc) is 2.50. The van der Waals surface area contributed by atoms with Crippen molar-refractivity contribution in [2.24, 2.45) is 0 Å². The molecule has 0 spiro atoms. The summed E-state index contributed by atoms with van der Waals surface area (Å²) in [5, 5.41) is 9.45. The summed E-state index contributed by atoms with van der Waals surface area (Å²) in [4.78, 5) is 0. The maximum absolute atomic E-state index is 9.45. The van der Waals surface area contributed by atoms with Crippen LogP contribution in [0.3, 0.4) is 0 Å². The van der Waals surface area contributed by atoms with Crippen molar-refractivity contribution in [3.05, 3.63) is 29.3 Å². The van der Waals surface area contributed by atoms with Crippen LogP contribution in [0.25, 0.3) is 0 Å². The van der Waals surface area contributed by atoms with Gasteiger partial charge in [0, 0.05) is 0 Å². The summed E-state index contributed by atoms with van der Waals surface area (Å²) >= 11 is 0. The minimum Gasteiger partial charge on any atom is -0.423 e. The van der Waals surface area contributed by atoms with Crippen LogP contribution < -0.4 is 5.46 Å². The Labute approximate surface area is 78.7 Å². The molecule has 2 rings (SSSR count). The van der Waals surface area contributed by atoms with Gasteiger partial charge >= 0.3 is 7.12 Å². The highest BCUT2D eigenvalue weighted by molar-refractivity contribution is 6.61. The Kier molecular flexibility index (Phi) is 2.38. The highest BCUT2D eigenvalue weighted by Crippen LogP contribution is 2.16. The SMILES string of the molecule is CCCc1cccc2c1COB2O. The van der Waals surface area contributed by atoms with Gasteiger partial charge < -0.3 is 9.68 Å². The van der Waals surface area contributed by atoms with Crippen LogP contribution in [-0.4, -0.2) is 12.1 Å². The van der Waals surface area contributed by atoms with Crippen LogP contribution in [0.1, 0.15) is 24.5 Å². The van der Waals surface area contributed by atoms with Gasteiger partial charge in [-0.15, -0.1) is 0 Å². The molecule has 0 aromatic heterocycles. The Morgan fingerprint density at radius 1 is 1.54 bits per heavy atom. The Morgan fingerprint density at radius 2 is 2.38 bits per heavy atom. The third-order valence-electron chi connectivity index (χ3n) is 2.48. The van der Waals surface area contributed by atoms with E-state index in [0.717, 1.165) is 18.3 Å². The molecule has 1 heterocycles. The predicted octanol–water partition coefficient (Wildman–Crippen LogP) is 0.857. The van der Waals surface area contributed by atoms with Crippen LogP contribution in [0.4, 0.5) is 0 Å². The van der Waals surface area contributed by atoms with Gasteiger partial charge in [-0.05, 0) is 23.0 Å². The molecule has 0 saturated heterocycles. The predicted molar refractivity (Wildman–Crippen MR) is 52.8 cm³/mol. The van der Waals surface area contributed by atoms with Crippen molar-refractivity contribution >= 4 is 12.6 Å². The first-order valence-corrected chi connectivity index (χ1v) is 4.73. The van der Waals surface area contributed by atoms with Crippen LogP contribution >= 0.6 is 0 Å². The third kappa shape index (κ3) is 1.49. The molecule has 0 fully saturated rings. The topological polar surface area (TPSA) is 29.5 Å². The van der Waals surface area contributed by atoms with Crippen molar-refractivity contribution in [2.45, 2.75) is 26.4 Å². The van der Waals surface area contributed by atoms with Crippen molar-refractivity contribution in [2.75, 3.05) is 0 Å². The van der Waals surface area contributed by atoms with Crippen molar-refractivity contribution < 1.29 is 9.68 Å². The fourth-order valence-electron chi connectivity index (χ4n) is 1.82. The van der Waals surface area contributed by atoms with Gasteiger partial charge in [0.25, 0.3) is 0 Å². The lowest BCUT2D eigenvalue weighted by molar-refractivity contribution is 0.274. The van der Waals surface area contributed by atoms with Gasteiger partial charge in [0.2, 0.25) is 0 Å². The molecule has 1 aliphatic heterocycles. The normalized spacial score (nSPS) is 14.8. The molecule has 68 valence electrons. The molecule has 0 atom stereocenters. The molecule has 0 radical (unpaired) electrons. The Morgan fingerprint density at radius 3 is 3.15 bits per heavy atom. The number of fused-ring (bicyclic) bond motifs is 1. The van der Waals surface area contributed by atoms with Crippen molar-refractivity contribution in [1.82, 2.24) is 0 Å². The first-order valence-electron chi connectivity index (χ1n) is 4.73. The van der Waals surface area contributed by atoms with E-state index in [1.165, 1.54) is 11.1 Å². The molecule has 2 nitrogen and oxygen atoms in total. The summed E-state index contributed by atoms with van der Waals surface area (Å²) < 4.78 is 5.17.